The maximum atomic E-state index is 12.2. The Morgan fingerprint density at radius 3 is 2.70 bits per heavy atom. The van der Waals surface area contributed by atoms with Crippen LogP contribution in [-0.4, -0.2) is 30.5 Å². The van der Waals surface area contributed by atoms with Crippen molar-refractivity contribution >= 4 is 27.8 Å². The molecule has 0 fully saturated rings. The van der Waals surface area contributed by atoms with Crippen molar-refractivity contribution in [3.05, 3.63) is 58.6 Å². The smallest absolute Gasteiger partial charge is 0.279 e. The summed E-state index contributed by atoms with van der Waals surface area (Å²) in [4.78, 5) is 16.3. The topological polar surface area (TPSA) is 77.6 Å². The summed E-state index contributed by atoms with van der Waals surface area (Å²) in [5.74, 6) is -0.0922. The van der Waals surface area contributed by atoms with Crippen molar-refractivity contribution in [2.45, 2.75) is 20.0 Å². The van der Waals surface area contributed by atoms with E-state index in [4.69, 9.17) is 0 Å². The van der Waals surface area contributed by atoms with Crippen LogP contribution in [0.1, 0.15) is 23.0 Å². The highest BCUT2D eigenvalue weighted by Gasteiger charge is 2.16. The molecule has 1 amide bonds. The van der Waals surface area contributed by atoms with Crippen molar-refractivity contribution in [3.8, 4) is 0 Å². The molecule has 0 spiro atoms. The number of rotatable bonds is 5. The van der Waals surface area contributed by atoms with E-state index in [1.54, 1.807) is 21.9 Å². The zero-order valence-electron chi connectivity index (χ0n) is 12.5. The summed E-state index contributed by atoms with van der Waals surface area (Å²) in [5, 5.41) is 11.1. The predicted octanol–water partition coefficient (Wildman–Crippen LogP) is 2.56. The van der Waals surface area contributed by atoms with Crippen molar-refractivity contribution in [1.29, 1.82) is 0 Å². The lowest BCUT2D eigenvalue weighted by Crippen LogP contribution is -2.15. The number of hydrogen-bond acceptors (Lipinski definition) is 4. The molecule has 23 heavy (non-hydrogen) atoms. The third-order valence-corrected chi connectivity index (χ3v) is 3.79. The average Bonchev–Trinajstić information content (AvgIpc) is 3.14. The molecule has 3 rings (SSSR count). The number of carbonyl (C=O) groups is 1. The third kappa shape index (κ3) is 3.65. The molecule has 0 radical (unpaired) electrons. The summed E-state index contributed by atoms with van der Waals surface area (Å²) < 4.78 is 3.99. The second-order valence-electron chi connectivity index (χ2n) is 4.89. The normalized spacial score (nSPS) is 10.7. The number of carbonyl (C=O) groups excluding carboxylic acids is 1. The molecule has 0 aliphatic heterocycles. The Morgan fingerprint density at radius 2 is 2.00 bits per heavy atom. The summed E-state index contributed by atoms with van der Waals surface area (Å²) >= 11 is 3.33. The predicted molar refractivity (Wildman–Crippen MR) is 89.1 cm³/mol. The molecule has 0 aliphatic carbocycles. The molecule has 2 heterocycles. The Balaban J connectivity index is 1.68. The van der Waals surface area contributed by atoms with Crippen molar-refractivity contribution < 1.29 is 4.79 Å². The lowest BCUT2D eigenvalue weighted by molar-refractivity contribution is 0.102. The lowest BCUT2D eigenvalue weighted by Gasteiger charge is -2.00. The quantitative estimate of drug-likeness (QED) is 0.744. The minimum atomic E-state index is -0.346. The van der Waals surface area contributed by atoms with E-state index in [0.717, 1.165) is 5.56 Å². The van der Waals surface area contributed by atoms with Crippen LogP contribution in [0.25, 0.3) is 0 Å². The fourth-order valence-electron chi connectivity index (χ4n) is 2.07. The molecule has 7 nitrogen and oxygen atoms in total. The zero-order valence-corrected chi connectivity index (χ0v) is 14.1. The van der Waals surface area contributed by atoms with E-state index >= 15 is 0 Å². The molecular weight excluding hydrogens is 360 g/mol. The number of amides is 1. The van der Waals surface area contributed by atoms with Crippen LogP contribution >= 0.6 is 15.9 Å². The number of nitrogens with one attached hydrogen (secondary N) is 1. The number of halogens is 1. The van der Waals surface area contributed by atoms with E-state index in [0.29, 0.717) is 23.3 Å². The van der Waals surface area contributed by atoms with E-state index in [-0.39, 0.29) is 11.9 Å². The highest BCUT2D eigenvalue weighted by Crippen LogP contribution is 2.16. The van der Waals surface area contributed by atoms with Crippen LogP contribution in [0.5, 0.6) is 0 Å². The largest absolute Gasteiger partial charge is 0.288 e. The molecule has 0 unspecified atom stereocenters. The van der Waals surface area contributed by atoms with Crippen molar-refractivity contribution in [2.75, 3.05) is 5.32 Å². The summed E-state index contributed by atoms with van der Waals surface area (Å²) in [6.07, 6.45) is 3.35. The first kappa shape index (κ1) is 15.4. The molecular formula is C15H15BrN6O. The fraction of sp³-hybridized carbons (Fsp3) is 0.200. The van der Waals surface area contributed by atoms with Crippen molar-refractivity contribution in [2.24, 2.45) is 0 Å². The second-order valence-corrected chi connectivity index (χ2v) is 5.74. The van der Waals surface area contributed by atoms with Crippen LogP contribution in [0.4, 0.5) is 5.95 Å². The zero-order chi connectivity index (χ0) is 16.2. The van der Waals surface area contributed by atoms with E-state index in [1.807, 2.05) is 37.3 Å². The summed E-state index contributed by atoms with van der Waals surface area (Å²) in [7, 11) is 0. The van der Waals surface area contributed by atoms with Gasteiger partial charge in [0.1, 0.15) is 6.33 Å². The lowest BCUT2D eigenvalue weighted by atomic mass is 10.2. The van der Waals surface area contributed by atoms with Gasteiger partial charge in [-0.2, -0.15) is 5.10 Å². The standard InChI is InChI=1S/C15H15BrN6O/c1-2-21-9-12(16)13(19-21)14(23)18-15-17-10-22(20-15)8-11-6-4-3-5-7-11/h3-7,9-10H,2,8H2,1H3,(H,18,20,23). The highest BCUT2D eigenvalue weighted by atomic mass is 79.9. The van der Waals surface area contributed by atoms with Crippen LogP contribution in [0.15, 0.2) is 47.3 Å². The van der Waals surface area contributed by atoms with Gasteiger partial charge in [-0.25, -0.2) is 9.67 Å². The van der Waals surface area contributed by atoms with Gasteiger partial charge in [0, 0.05) is 12.7 Å². The Kier molecular flexibility index (Phi) is 4.52. The van der Waals surface area contributed by atoms with Gasteiger partial charge in [0.15, 0.2) is 5.69 Å². The van der Waals surface area contributed by atoms with Gasteiger partial charge < -0.3 is 0 Å². The van der Waals surface area contributed by atoms with E-state index in [9.17, 15) is 4.79 Å². The van der Waals surface area contributed by atoms with E-state index < -0.39 is 0 Å². The molecule has 0 saturated carbocycles. The molecule has 0 aliphatic rings. The summed E-state index contributed by atoms with van der Waals surface area (Å²) in [5.41, 5.74) is 1.42. The van der Waals surface area contributed by atoms with Crippen LogP contribution in [-0.2, 0) is 13.1 Å². The SMILES string of the molecule is CCn1cc(Br)c(C(=O)Nc2ncn(Cc3ccccc3)n2)n1. The monoisotopic (exact) mass is 374 g/mol. The second kappa shape index (κ2) is 6.74. The molecule has 2 aromatic heterocycles. The van der Waals surface area contributed by atoms with Crippen LogP contribution < -0.4 is 5.32 Å². The highest BCUT2D eigenvalue weighted by molar-refractivity contribution is 9.10. The number of aryl methyl sites for hydroxylation is 1. The minimum absolute atomic E-state index is 0.254. The Labute approximate surface area is 141 Å². The molecule has 0 atom stereocenters. The number of nitrogens with zero attached hydrogens (tertiary/aromatic N) is 5. The molecule has 0 saturated heterocycles. The fourth-order valence-corrected chi connectivity index (χ4v) is 2.57. The van der Waals surface area contributed by atoms with Crippen molar-refractivity contribution in [1.82, 2.24) is 24.5 Å². The van der Waals surface area contributed by atoms with Gasteiger partial charge in [-0.15, -0.1) is 5.10 Å². The molecule has 1 aromatic carbocycles. The first-order valence-electron chi connectivity index (χ1n) is 7.13. The number of hydrogen-bond donors (Lipinski definition) is 1. The Morgan fingerprint density at radius 1 is 1.22 bits per heavy atom. The number of anilines is 1. The van der Waals surface area contributed by atoms with Gasteiger partial charge in [-0.05, 0) is 28.4 Å². The maximum Gasteiger partial charge on any atom is 0.279 e. The van der Waals surface area contributed by atoms with Crippen molar-refractivity contribution in [3.63, 3.8) is 0 Å². The number of aromatic nitrogens is 5. The molecule has 1 N–H and O–H groups in total. The molecule has 8 heteroatoms. The molecule has 0 bridgehead atoms. The number of benzene rings is 1. The van der Waals surface area contributed by atoms with Gasteiger partial charge in [-0.1, -0.05) is 30.3 Å². The maximum absolute atomic E-state index is 12.2. The van der Waals surface area contributed by atoms with Crippen LogP contribution in [0.3, 0.4) is 0 Å². The molecule has 3 aromatic rings. The molecule has 118 valence electrons. The van der Waals surface area contributed by atoms with Gasteiger partial charge in [-0.3, -0.25) is 14.8 Å². The van der Waals surface area contributed by atoms with Crippen LogP contribution in [0, 0.1) is 0 Å². The van der Waals surface area contributed by atoms with E-state index in [2.05, 4.69) is 36.4 Å². The average molecular weight is 375 g/mol. The summed E-state index contributed by atoms with van der Waals surface area (Å²) in [6.45, 7) is 3.24. The Hall–Kier alpha value is -2.48. The van der Waals surface area contributed by atoms with Crippen LogP contribution in [0.2, 0.25) is 0 Å². The van der Waals surface area contributed by atoms with Gasteiger partial charge >= 0.3 is 0 Å². The Bertz CT molecular complexity index is 810. The first-order valence-corrected chi connectivity index (χ1v) is 7.92. The van der Waals surface area contributed by atoms with E-state index in [1.165, 1.54) is 0 Å². The minimum Gasteiger partial charge on any atom is -0.288 e. The first-order chi connectivity index (χ1) is 11.2. The summed E-state index contributed by atoms with van der Waals surface area (Å²) in [6, 6.07) is 9.92. The third-order valence-electron chi connectivity index (χ3n) is 3.21. The van der Waals surface area contributed by atoms with Gasteiger partial charge in [0.05, 0.1) is 11.0 Å². The van der Waals surface area contributed by atoms with Gasteiger partial charge in [0.2, 0.25) is 5.95 Å². The van der Waals surface area contributed by atoms with Gasteiger partial charge in [0.25, 0.3) is 5.91 Å².